The summed E-state index contributed by atoms with van der Waals surface area (Å²) in [4.78, 5) is 14.0. The molecule has 0 aliphatic carbocycles. The molecule has 3 rings (SSSR count). The van der Waals surface area contributed by atoms with Crippen LogP contribution in [0.5, 0.6) is 11.5 Å². The second-order valence-corrected chi connectivity index (χ2v) is 4.94. The number of hydrogen-bond acceptors (Lipinski definition) is 4. The molecule has 23 heavy (non-hydrogen) atoms. The number of carbonyl (C=O) groups is 1. The molecule has 1 amide bonds. The molecule has 0 N–H and O–H groups in total. The Morgan fingerprint density at radius 1 is 1.13 bits per heavy atom. The lowest BCUT2D eigenvalue weighted by Crippen LogP contribution is -2.30. The van der Waals surface area contributed by atoms with Crippen LogP contribution in [-0.2, 0) is 11.3 Å². The number of hydrogen-bond donors (Lipinski definition) is 0. The number of likely N-dealkylation sites (N-methyl/N-ethyl adjacent to an activating group) is 1. The smallest absolute Gasteiger partial charge is 0.248 e. The molecule has 0 aliphatic rings. The molecule has 0 aliphatic heterocycles. The number of benzene rings is 2. The predicted molar refractivity (Wildman–Crippen MR) is 86.4 cm³/mol. The van der Waals surface area contributed by atoms with Gasteiger partial charge in [-0.25, -0.2) is 4.68 Å². The topological polar surface area (TPSA) is 60.2 Å². The number of carbonyl (C=O) groups excluding carboxylic acids is 1. The fourth-order valence-electron chi connectivity index (χ4n) is 2.13. The third kappa shape index (κ3) is 3.55. The highest BCUT2D eigenvalue weighted by atomic mass is 16.5. The Labute approximate surface area is 133 Å². The van der Waals surface area contributed by atoms with Gasteiger partial charge in [0, 0.05) is 13.2 Å². The second kappa shape index (κ2) is 6.74. The molecule has 0 spiro atoms. The molecule has 3 aromatic rings. The number of para-hydroxylation sites is 3. The van der Waals surface area contributed by atoms with Gasteiger partial charge >= 0.3 is 0 Å². The van der Waals surface area contributed by atoms with E-state index in [4.69, 9.17) is 4.74 Å². The molecule has 0 radical (unpaired) electrons. The Morgan fingerprint density at radius 3 is 2.61 bits per heavy atom. The van der Waals surface area contributed by atoms with Crippen LogP contribution < -0.4 is 9.64 Å². The van der Waals surface area contributed by atoms with Crippen molar-refractivity contribution in [2.45, 2.75) is 6.54 Å². The van der Waals surface area contributed by atoms with Crippen molar-refractivity contribution < 1.29 is 9.53 Å². The first-order valence-corrected chi connectivity index (χ1v) is 7.16. The third-order valence-electron chi connectivity index (χ3n) is 3.34. The highest BCUT2D eigenvalue weighted by molar-refractivity contribution is 5.94. The van der Waals surface area contributed by atoms with E-state index in [0.29, 0.717) is 11.4 Å². The van der Waals surface area contributed by atoms with Crippen LogP contribution in [0.3, 0.4) is 0 Å². The first-order chi connectivity index (χ1) is 11.2. The van der Waals surface area contributed by atoms with Crippen molar-refractivity contribution in [2.75, 3.05) is 11.9 Å². The fraction of sp³-hybridized carbons (Fsp3) is 0.118. The molecule has 0 unspecified atom stereocenters. The SMILES string of the molecule is CN(C(=O)Cn1ccnn1)c1ccccc1Oc1ccccc1. The first kappa shape index (κ1) is 14.8. The summed E-state index contributed by atoms with van der Waals surface area (Å²) in [7, 11) is 1.71. The van der Waals surface area contributed by atoms with Crippen LogP contribution in [-0.4, -0.2) is 27.9 Å². The Balaban J connectivity index is 1.80. The molecule has 6 nitrogen and oxygen atoms in total. The van der Waals surface area contributed by atoms with Crippen LogP contribution in [0.1, 0.15) is 0 Å². The van der Waals surface area contributed by atoms with Gasteiger partial charge in [-0.05, 0) is 24.3 Å². The Morgan fingerprint density at radius 2 is 1.87 bits per heavy atom. The van der Waals surface area contributed by atoms with E-state index in [0.717, 1.165) is 5.75 Å². The average Bonchev–Trinajstić information content (AvgIpc) is 3.08. The van der Waals surface area contributed by atoms with Gasteiger partial charge in [-0.3, -0.25) is 4.79 Å². The molecule has 6 heteroatoms. The van der Waals surface area contributed by atoms with Crippen LogP contribution >= 0.6 is 0 Å². The largest absolute Gasteiger partial charge is 0.455 e. The summed E-state index contributed by atoms with van der Waals surface area (Å²) < 4.78 is 7.37. The number of ether oxygens (including phenoxy) is 1. The number of amides is 1. The standard InChI is InChI=1S/C17H16N4O2/c1-20(17(22)13-21-12-11-18-19-21)15-9-5-6-10-16(15)23-14-7-3-2-4-8-14/h2-12H,13H2,1H3. The van der Waals surface area contributed by atoms with Crippen LogP contribution in [0, 0.1) is 0 Å². The van der Waals surface area contributed by atoms with Crippen LogP contribution in [0.25, 0.3) is 0 Å². The van der Waals surface area contributed by atoms with Crippen molar-refractivity contribution in [1.82, 2.24) is 15.0 Å². The Bertz CT molecular complexity index is 772. The molecule has 0 fully saturated rings. The van der Waals surface area contributed by atoms with E-state index in [2.05, 4.69) is 10.3 Å². The maximum atomic E-state index is 12.4. The van der Waals surface area contributed by atoms with Crippen molar-refractivity contribution >= 4 is 11.6 Å². The van der Waals surface area contributed by atoms with Gasteiger partial charge in [-0.1, -0.05) is 35.5 Å². The van der Waals surface area contributed by atoms with Crippen LogP contribution in [0.2, 0.25) is 0 Å². The lowest BCUT2D eigenvalue weighted by molar-refractivity contribution is -0.119. The number of aromatic nitrogens is 3. The Kier molecular flexibility index (Phi) is 4.33. The summed E-state index contributed by atoms with van der Waals surface area (Å²) in [6, 6.07) is 16.9. The summed E-state index contributed by atoms with van der Waals surface area (Å²) in [5, 5.41) is 7.51. The molecule has 2 aromatic carbocycles. The summed E-state index contributed by atoms with van der Waals surface area (Å²) in [5.41, 5.74) is 0.696. The molecule has 1 aromatic heterocycles. The number of rotatable bonds is 5. The highest BCUT2D eigenvalue weighted by Crippen LogP contribution is 2.31. The number of nitrogens with zero attached hydrogens (tertiary/aromatic N) is 4. The van der Waals surface area contributed by atoms with E-state index in [1.54, 1.807) is 24.3 Å². The third-order valence-corrected chi connectivity index (χ3v) is 3.34. The lowest BCUT2D eigenvalue weighted by Gasteiger charge is -2.20. The van der Waals surface area contributed by atoms with E-state index in [1.807, 2.05) is 54.6 Å². The summed E-state index contributed by atoms with van der Waals surface area (Å²) in [6.07, 6.45) is 3.19. The molecule has 0 saturated carbocycles. The summed E-state index contributed by atoms with van der Waals surface area (Å²) in [6.45, 7) is 0.121. The minimum atomic E-state index is -0.111. The van der Waals surface area contributed by atoms with Gasteiger partial charge < -0.3 is 9.64 Å². The van der Waals surface area contributed by atoms with Gasteiger partial charge in [0.25, 0.3) is 0 Å². The zero-order chi connectivity index (χ0) is 16.1. The van der Waals surface area contributed by atoms with Crippen molar-refractivity contribution in [3.8, 4) is 11.5 Å². The van der Waals surface area contributed by atoms with E-state index in [-0.39, 0.29) is 12.5 Å². The van der Waals surface area contributed by atoms with Gasteiger partial charge in [-0.15, -0.1) is 5.10 Å². The molecular weight excluding hydrogens is 292 g/mol. The predicted octanol–water partition coefficient (Wildman–Crippen LogP) is 2.73. The van der Waals surface area contributed by atoms with Crippen LogP contribution in [0.4, 0.5) is 5.69 Å². The van der Waals surface area contributed by atoms with Gasteiger partial charge in [0.05, 0.1) is 11.9 Å². The van der Waals surface area contributed by atoms with Gasteiger partial charge in [0.2, 0.25) is 5.91 Å². The lowest BCUT2D eigenvalue weighted by atomic mass is 10.2. The molecular formula is C17H16N4O2. The molecule has 0 saturated heterocycles. The van der Waals surface area contributed by atoms with E-state index >= 15 is 0 Å². The maximum Gasteiger partial charge on any atom is 0.248 e. The summed E-state index contributed by atoms with van der Waals surface area (Å²) in [5.74, 6) is 1.23. The van der Waals surface area contributed by atoms with Crippen molar-refractivity contribution in [1.29, 1.82) is 0 Å². The minimum absolute atomic E-state index is 0.111. The normalized spacial score (nSPS) is 10.3. The fourth-order valence-corrected chi connectivity index (χ4v) is 2.13. The van der Waals surface area contributed by atoms with Crippen LogP contribution in [0.15, 0.2) is 67.0 Å². The number of anilines is 1. The second-order valence-electron chi connectivity index (χ2n) is 4.94. The van der Waals surface area contributed by atoms with Gasteiger partial charge in [-0.2, -0.15) is 0 Å². The molecule has 0 atom stereocenters. The minimum Gasteiger partial charge on any atom is -0.455 e. The van der Waals surface area contributed by atoms with E-state index < -0.39 is 0 Å². The maximum absolute atomic E-state index is 12.4. The highest BCUT2D eigenvalue weighted by Gasteiger charge is 2.16. The quantitative estimate of drug-likeness (QED) is 0.727. The molecule has 1 heterocycles. The monoisotopic (exact) mass is 308 g/mol. The summed E-state index contributed by atoms with van der Waals surface area (Å²) >= 11 is 0. The zero-order valence-corrected chi connectivity index (χ0v) is 12.7. The van der Waals surface area contributed by atoms with Gasteiger partial charge in [0.15, 0.2) is 5.75 Å². The van der Waals surface area contributed by atoms with Crippen molar-refractivity contribution in [3.05, 3.63) is 67.0 Å². The van der Waals surface area contributed by atoms with E-state index in [9.17, 15) is 4.79 Å². The Hall–Kier alpha value is -3.15. The van der Waals surface area contributed by atoms with Crippen molar-refractivity contribution in [2.24, 2.45) is 0 Å². The van der Waals surface area contributed by atoms with Crippen molar-refractivity contribution in [3.63, 3.8) is 0 Å². The zero-order valence-electron chi connectivity index (χ0n) is 12.7. The first-order valence-electron chi connectivity index (χ1n) is 7.16. The van der Waals surface area contributed by atoms with Gasteiger partial charge in [0.1, 0.15) is 12.3 Å². The molecule has 0 bridgehead atoms. The van der Waals surface area contributed by atoms with E-state index in [1.165, 1.54) is 4.68 Å². The molecule has 116 valence electrons. The average molecular weight is 308 g/mol.